The van der Waals surface area contributed by atoms with Crippen molar-refractivity contribution in [1.82, 2.24) is 14.6 Å². The summed E-state index contributed by atoms with van der Waals surface area (Å²) in [6, 6.07) is 15.3. The highest BCUT2D eigenvalue weighted by molar-refractivity contribution is 9.10. The molecule has 2 aromatic heterocycles. The summed E-state index contributed by atoms with van der Waals surface area (Å²) in [5.41, 5.74) is 1.37. The molecule has 4 rings (SSSR count). The van der Waals surface area contributed by atoms with Crippen LogP contribution in [0.1, 0.15) is 5.69 Å². The van der Waals surface area contributed by atoms with Crippen LogP contribution in [-0.2, 0) is 6.18 Å². The number of rotatable bonds is 2. The molecule has 0 amide bonds. The van der Waals surface area contributed by atoms with Gasteiger partial charge in [-0.15, -0.1) is 0 Å². The average molecular weight is 497 g/mol. The first-order valence-electron chi connectivity index (χ1n) is 7.81. The van der Waals surface area contributed by atoms with Crippen molar-refractivity contribution in [1.29, 1.82) is 0 Å². The predicted molar refractivity (Wildman–Crippen MR) is 104 cm³/mol. The van der Waals surface area contributed by atoms with E-state index >= 15 is 0 Å². The minimum absolute atomic E-state index is 0.154. The van der Waals surface area contributed by atoms with E-state index in [1.165, 1.54) is 6.20 Å². The molecule has 0 aliphatic carbocycles. The second-order valence-corrected chi connectivity index (χ2v) is 7.67. The number of fused-ring (bicyclic) bond motifs is 1. The molecule has 0 N–H and O–H groups in total. The van der Waals surface area contributed by atoms with Gasteiger partial charge in [0.25, 0.3) is 0 Å². The number of halogens is 5. The first-order chi connectivity index (χ1) is 12.8. The Bertz CT molecular complexity index is 1140. The van der Waals surface area contributed by atoms with E-state index in [1.54, 1.807) is 24.3 Å². The van der Waals surface area contributed by atoms with Crippen LogP contribution in [0.5, 0.6) is 0 Å². The molecule has 0 fully saturated rings. The van der Waals surface area contributed by atoms with Gasteiger partial charge in [0.15, 0.2) is 11.3 Å². The second-order valence-electron chi connectivity index (χ2n) is 5.84. The van der Waals surface area contributed by atoms with Crippen molar-refractivity contribution in [2.45, 2.75) is 6.18 Å². The highest BCUT2D eigenvalue weighted by atomic mass is 79.9. The van der Waals surface area contributed by atoms with E-state index in [9.17, 15) is 13.2 Å². The number of hydrogen-bond donors (Lipinski definition) is 0. The van der Waals surface area contributed by atoms with Crippen molar-refractivity contribution in [2.24, 2.45) is 0 Å². The maximum atomic E-state index is 13.6. The van der Waals surface area contributed by atoms with Crippen LogP contribution >= 0.6 is 31.9 Å². The molecule has 3 nitrogen and oxygen atoms in total. The molecule has 0 radical (unpaired) electrons. The second kappa shape index (κ2) is 6.76. The molecule has 0 atom stereocenters. The van der Waals surface area contributed by atoms with E-state index in [0.717, 1.165) is 25.1 Å². The summed E-state index contributed by atoms with van der Waals surface area (Å²) in [6.45, 7) is 0. The fraction of sp³-hybridized carbons (Fsp3) is 0.0526. The van der Waals surface area contributed by atoms with Crippen LogP contribution in [0.3, 0.4) is 0 Å². The van der Waals surface area contributed by atoms with Gasteiger partial charge < -0.3 is 0 Å². The lowest BCUT2D eigenvalue weighted by Gasteiger charge is -2.12. The molecule has 0 saturated heterocycles. The zero-order valence-corrected chi connectivity index (χ0v) is 16.7. The monoisotopic (exact) mass is 495 g/mol. The van der Waals surface area contributed by atoms with Gasteiger partial charge in [-0.2, -0.15) is 18.3 Å². The zero-order valence-electron chi connectivity index (χ0n) is 13.5. The minimum Gasteiger partial charge on any atom is -0.228 e. The van der Waals surface area contributed by atoms with Crippen molar-refractivity contribution >= 4 is 37.5 Å². The van der Waals surface area contributed by atoms with Crippen molar-refractivity contribution < 1.29 is 13.2 Å². The van der Waals surface area contributed by atoms with Gasteiger partial charge in [-0.1, -0.05) is 56.1 Å². The van der Waals surface area contributed by atoms with Crippen LogP contribution in [0.2, 0.25) is 0 Å². The normalized spacial score (nSPS) is 11.9. The molecule has 8 heteroatoms. The first-order valence-corrected chi connectivity index (χ1v) is 9.39. The van der Waals surface area contributed by atoms with Crippen molar-refractivity contribution in [3.8, 4) is 22.4 Å². The lowest BCUT2D eigenvalue weighted by atomic mass is 10.1. The smallest absolute Gasteiger partial charge is 0.228 e. The molecule has 0 spiro atoms. The Morgan fingerprint density at radius 2 is 1.59 bits per heavy atom. The first kappa shape index (κ1) is 18.2. The van der Waals surface area contributed by atoms with Crippen LogP contribution in [-0.4, -0.2) is 14.6 Å². The van der Waals surface area contributed by atoms with Crippen LogP contribution in [0.15, 0.2) is 69.7 Å². The number of nitrogens with zero attached hydrogens (tertiary/aromatic N) is 3. The molecular formula is C19H10Br2F3N3. The standard InChI is InChI=1S/C19H10Br2F3N3/c20-13-6-4-11(5-7-13)16-9-17(19(22,23)24)27-18(26-16)15(10-25-27)12-2-1-3-14(21)8-12/h1-10H. The Hall–Kier alpha value is -2.19. The predicted octanol–water partition coefficient (Wildman–Crippen LogP) is 6.61. The van der Waals surface area contributed by atoms with Crippen molar-refractivity contribution in [2.75, 3.05) is 0 Å². The number of aromatic nitrogens is 3. The van der Waals surface area contributed by atoms with Gasteiger partial charge in [-0.25, -0.2) is 9.50 Å². The lowest BCUT2D eigenvalue weighted by molar-refractivity contribution is -0.142. The Morgan fingerprint density at radius 3 is 2.26 bits per heavy atom. The Morgan fingerprint density at radius 1 is 0.852 bits per heavy atom. The van der Waals surface area contributed by atoms with Crippen molar-refractivity contribution in [3.05, 3.63) is 75.4 Å². The Balaban J connectivity index is 2.01. The molecule has 27 heavy (non-hydrogen) atoms. The number of benzene rings is 2. The van der Waals surface area contributed by atoms with Crippen LogP contribution in [0.25, 0.3) is 28.0 Å². The summed E-state index contributed by atoms with van der Waals surface area (Å²) in [7, 11) is 0. The fourth-order valence-electron chi connectivity index (χ4n) is 2.79. The molecule has 0 aliphatic heterocycles. The maximum absolute atomic E-state index is 13.6. The molecule has 2 heterocycles. The van der Waals surface area contributed by atoms with Gasteiger partial charge in [-0.3, -0.25) is 0 Å². The van der Waals surface area contributed by atoms with E-state index in [2.05, 4.69) is 41.9 Å². The van der Waals surface area contributed by atoms with Crippen LogP contribution < -0.4 is 0 Å². The molecular weight excluding hydrogens is 487 g/mol. The SMILES string of the molecule is FC(F)(F)c1cc(-c2ccc(Br)cc2)nc2c(-c3cccc(Br)c3)cnn12. The van der Waals surface area contributed by atoms with E-state index in [4.69, 9.17) is 0 Å². The fourth-order valence-corrected chi connectivity index (χ4v) is 3.46. The third-order valence-electron chi connectivity index (χ3n) is 4.04. The molecule has 0 saturated carbocycles. The van der Waals surface area contributed by atoms with Gasteiger partial charge in [0, 0.05) is 20.1 Å². The highest BCUT2D eigenvalue weighted by Gasteiger charge is 2.35. The zero-order chi connectivity index (χ0) is 19.2. The average Bonchev–Trinajstić information content (AvgIpc) is 3.04. The van der Waals surface area contributed by atoms with Crippen molar-refractivity contribution in [3.63, 3.8) is 0 Å². The summed E-state index contributed by atoms with van der Waals surface area (Å²) < 4.78 is 43.5. The van der Waals surface area contributed by atoms with E-state index in [1.807, 2.05) is 24.3 Å². The lowest BCUT2D eigenvalue weighted by Crippen LogP contribution is -2.13. The molecule has 4 aromatic rings. The Labute approximate surface area is 169 Å². The quantitative estimate of drug-likeness (QED) is 0.312. The molecule has 0 aliphatic rings. The van der Waals surface area contributed by atoms with Gasteiger partial charge in [0.05, 0.1) is 11.9 Å². The summed E-state index contributed by atoms with van der Waals surface area (Å²) in [6.07, 6.45) is -3.16. The largest absolute Gasteiger partial charge is 0.433 e. The Kier molecular flexibility index (Phi) is 4.55. The molecule has 2 aromatic carbocycles. The van der Waals surface area contributed by atoms with Crippen LogP contribution in [0, 0.1) is 0 Å². The van der Waals surface area contributed by atoms with Gasteiger partial charge in [-0.05, 0) is 35.9 Å². The van der Waals surface area contributed by atoms with Crippen LogP contribution in [0.4, 0.5) is 13.2 Å². The van der Waals surface area contributed by atoms with E-state index < -0.39 is 11.9 Å². The summed E-state index contributed by atoms with van der Waals surface area (Å²) in [5, 5.41) is 3.95. The van der Waals surface area contributed by atoms with Gasteiger partial charge in [0.1, 0.15) is 0 Å². The maximum Gasteiger partial charge on any atom is 0.433 e. The van der Waals surface area contributed by atoms with E-state index in [-0.39, 0.29) is 11.3 Å². The topological polar surface area (TPSA) is 30.2 Å². The molecule has 0 unspecified atom stereocenters. The highest BCUT2D eigenvalue weighted by Crippen LogP contribution is 2.35. The molecule has 136 valence electrons. The van der Waals surface area contributed by atoms with Gasteiger partial charge in [0.2, 0.25) is 0 Å². The number of hydrogen-bond acceptors (Lipinski definition) is 2. The summed E-state index contributed by atoms with van der Waals surface area (Å²) in [5.74, 6) is 0. The summed E-state index contributed by atoms with van der Waals surface area (Å²) in [4.78, 5) is 4.49. The molecule has 0 bridgehead atoms. The third-order valence-corrected chi connectivity index (χ3v) is 5.06. The van der Waals surface area contributed by atoms with E-state index in [0.29, 0.717) is 11.1 Å². The van der Waals surface area contributed by atoms with Gasteiger partial charge >= 0.3 is 6.18 Å². The third kappa shape index (κ3) is 3.51. The minimum atomic E-state index is -4.56. The number of alkyl halides is 3. The summed E-state index contributed by atoms with van der Waals surface area (Å²) >= 11 is 6.71.